The highest BCUT2D eigenvalue weighted by Gasteiger charge is 2.38. The molecule has 2 unspecified atom stereocenters. The number of carbonyl (C=O) groups is 1. The van der Waals surface area contributed by atoms with Crippen molar-refractivity contribution in [2.75, 3.05) is 6.54 Å². The summed E-state index contributed by atoms with van der Waals surface area (Å²) >= 11 is 0. The topological polar surface area (TPSA) is 68.6 Å². The summed E-state index contributed by atoms with van der Waals surface area (Å²) in [6, 6.07) is 9.66. The molecule has 33 heavy (non-hydrogen) atoms. The Bertz CT molecular complexity index is 1300. The van der Waals surface area contributed by atoms with Crippen LogP contribution in [0.1, 0.15) is 24.6 Å². The maximum atomic E-state index is 13.7. The van der Waals surface area contributed by atoms with Gasteiger partial charge in [0.05, 0.1) is 16.2 Å². The molecule has 11 heteroatoms. The first-order valence-corrected chi connectivity index (χ1v) is 11.6. The van der Waals surface area contributed by atoms with Gasteiger partial charge in [0.1, 0.15) is 11.6 Å². The second kappa shape index (κ2) is 8.36. The van der Waals surface area contributed by atoms with Gasteiger partial charge in [-0.3, -0.25) is 4.79 Å². The molecule has 1 amide bonds. The Morgan fingerprint density at radius 1 is 1.12 bits per heavy atom. The first-order valence-electron chi connectivity index (χ1n) is 10.1. The Hall–Kier alpha value is -3.08. The fraction of sp³-hybridized carbons (Fsp3) is 0.318. The fourth-order valence-electron chi connectivity index (χ4n) is 4.35. The highest BCUT2D eigenvalue weighted by molar-refractivity contribution is 7.92. The first-order chi connectivity index (χ1) is 15.5. The van der Waals surface area contributed by atoms with E-state index >= 15 is 0 Å². The molecule has 1 aliphatic heterocycles. The molecule has 2 atom stereocenters. The Morgan fingerprint density at radius 3 is 2.58 bits per heavy atom. The average molecular weight is 484 g/mol. The number of benzene rings is 2. The van der Waals surface area contributed by atoms with Crippen molar-refractivity contribution in [3.63, 3.8) is 0 Å². The SMILES string of the molecule is Cn1c(C2CC(S(=O)(=O)c3cccc(OC(F)(F)F)c3)CCN2C=O)cc2cc(F)ccc21. The number of piperidine rings is 1. The van der Waals surface area contributed by atoms with Crippen molar-refractivity contribution in [3.05, 3.63) is 60.0 Å². The first kappa shape index (κ1) is 23.1. The van der Waals surface area contributed by atoms with Gasteiger partial charge in [0, 0.05) is 30.2 Å². The highest BCUT2D eigenvalue weighted by atomic mass is 32.2. The monoisotopic (exact) mass is 484 g/mol. The van der Waals surface area contributed by atoms with E-state index in [1.807, 2.05) is 0 Å². The third kappa shape index (κ3) is 4.54. The van der Waals surface area contributed by atoms with Gasteiger partial charge < -0.3 is 14.2 Å². The molecule has 1 saturated heterocycles. The molecule has 1 aromatic heterocycles. The Kier molecular flexibility index (Phi) is 5.85. The largest absolute Gasteiger partial charge is 0.573 e. The van der Waals surface area contributed by atoms with Gasteiger partial charge in [-0.05, 0) is 55.3 Å². The second-order valence-electron chi connectivity index (χ2n) is 7.90. The van der Waals surface area contributed by atoms with Crippen LogP contribution in [-0.2, 0) is 21.7 Å². The molecule has 0 N–H and O–H groups in total. The van der Waals surface area contributed by atoms with Gasteiger partial charge >= 0.3 is 6.36 Å². The second-order valence-corrected chi connectivity index (χ2v) is 10.1. The summed E-state index contributed by atoms with van der Waals surface area (Å²) in [6.45, 7) is 0.146. The molecule has 6 nitrogen and oxygen atoms in total. The number of aromatic nitrogens is 1. The molecular formula is C22H20F4N2O4S. The van der Waals surface area contributed by atoms with Crippen molar-refractivity contribution in [1.29, 1.82) is 0 Å². The summed E-state index contributed by atoms with van der Waals surface area (Å²) in [5, 5.41) is -0.324. The van der Waals surface area contributed by atoms with Gasteiger partial charge in [-0.25, -0.2) is 12.8 Å². The molecule has 4 rings (SSSR count). The molecule has 2 heterocycles. The zero-order chi connectivity index (χ0) is 24.0. The summed E-state index contributed by atoms with van der Waals surface area (Å²) in [5.41, 5.74) is 1.36. The van der Waals surface area contributed by atoms with Crippen molar-refractivity contribution < 1.29 is 35.5 Å². The van der Waals surface area contributed by atoms with Crippen LogP contribution >= 0.6 is 0 Å². The van der Waals surface area contributed by atoms with E-state index in [-0.39, 0.29) is 24.3 Å². The fourth-order valence-corrected chi connectivity index (χ4v) is 6.14. The van der Waals surface area contributed by atoms with Crippen molar-refractivity contribution in [2.24, 2.45) is 7.05 Å². The minimum Gasteiger partial charge on any atom is -0.406 e. The predicted octanol–water partition coefficient (Wildman–Crippen LogP) is 4.35. The number of aryl methyl sites for hydroxylation is 1. The van der Waals surface area contributed by atoms with Gasteiger partial charge in [0.2, 0.25) is 6.41 Å². The Balaban J connectivity index is 1.68. The number of sulfone groups is 1. The van der Waals surface area contributed by atoms with Crippen LogP contribution in [0.3, 0.4) is 0 Å². The lowest BCUT2D eigenvalue weighted by Gasteiger charge is -2.37. The lowest BCUT2D eigenvalue weighted by atomic mass is 9.99. The zero-order valence-electron chi connectivity index (χ0n) is 17.4. The van der Waals surface area contributed by atoms with Gasteiger partial charge in [-0.1, -0.05) is 6.07 Å². The van der Waals surface area contributed by atoms with Crippen molar-refractivity contribution in [2.45, 2.75) is 35.4 Å². The summed E-state index contributed by atoms with van der Waals surface area (Å²) in [4.78, 5) is 12.9. The molecule has 1 fully saturated rings. The molecule has 0 spiro atoms. The van der Waals surface area contributed by atoms with Crippen LogP contribution in [0, 0.1) is 5.82 Å². The highest BCUT2D eigenvalue weighted by Crippen LogP contribution is 2.38. The number of fused-ring (bicyclic) bond motifs is 1. The van der Waals surface area contributed by atoms with Crippen LogP contribution < -0.4 is 4.74 Å². The van der Waals surface area contributed by atoms with Gasteiger partial charge in [0.25, 0.3) is 0 Å². The summed E-state index contributed by atoms with van der Waals surface area (Å²) in [6.07, 6.45) is -4.14. The lowest BCUT2D eigenvalue weighted by Crippen LogP contribution is -2.41. The number of likely N-dealkylation sites (tertiary alicyclic amines) is 1. The molecule has 0 radical (unpaired) electrons. The molecular weight excluding hydrogens is 464 g/mol. The van der Waals surface area contributed by atoms with Crippen molar-refractivity contribution in [3.8, 4) is 5.75 Å². The van der Waals surface area contributed by atoms with Crippen LogP contribution in [0.2, 0.25) is 0 Å². The van der Waals surface area contributed by atoms with E-state index in [1.165, 1.54) is 29.2 Å². The van der Waals surface area contributed by atoms with E-state index in [2.05, 4.69) is 4.74 Å². The number of hydrogen-bond donors (Lipinski definition) is 0. The molecule has 0 aliphatic carbocycles. The van der Waals surface area contributed by atoms with Crippen LogP contribution in [0.15, 0.2) is 53.4 Å². The number of nitrogens with zero attached hydrogens (tertiary/aromatic N) is 2. The number of rotatable bonds is 5. The summed E-state index contributed by atoms with van der Waals surface area (Å²) < 4.78 is 83.5. The van der Waals surface area contributed by atoms with Gasteiger partial charge in [0.15, 0.2) is 9.84 Å². The van der Waals surface area contributed by atoms with E-state index in [0.717, 1.165) is 17.6 Å². The maximum Gasteiger partial charge on any atom is 0.573 e. The Labute approximate surface area is 187 Å². The van der Waals surface area contributed by atoms with Gasteiger partial charge in [-0.2, -0.15) is 0 Å². The van der Waals surface area contributed by atoms with E-state index in [4.69, 9.17) is 0 Å². The average Bonchev–Trinajstić information content (AvgIpc) is 3.07. The van der Waals surface area contributed by atoms with Crippen LogP contribution in [-0.4, -0.2) is 42.5 Å². The molecule has 0 saturated carbocycles. The van der Waals surface area contributed by atoms with Crippen LogP contribution in [0.25, 0.3) is 10.9 Å². The number of halogens is 4. The molecule has 176 valence electrons. The zero-order valence-corrected chi connectivity index (χ0v) is 18.2. The van der Waals surface area contributed by atoms with E-state index in [0.29, 0.717) is 17.5 Å². The molecule has 1 aliphatic rings. The predicted molar refractivity (Wildman–Crippen MR) is 112 cm³/mol. The molecule has 2 aromatic carbocycles. The smallest absolute Gasteiger partial charge is 0.406 e. The lowest BCUT2D eigenvalue weighted by molar-refractivity contribution is -0.274. The third-order valence-electron chi connectivity index (χ3n) is 5.92. The standard InChI is InChI=1S/C22H20F4N2O4S/c1-27-19-6-5-15(23)9-14(19)10-20(27)21-12-18(7-8-28(21)13-29)33(30,31)17-4-2-3-16(11-17)32-22(24,25)26/h2-6,9-11,13,18,21H,7-8,12H2,1H3. The van der Waals surface area contributed by atoms with E-state index in [9.17, 15) is 30.8 Å². The minimum absolute atomic E-state index is 0.0398. The van der Waals surface area contributed by atoms with E-state index in [1.54, 1.807) is 23.7 Å². The normalized spacial score (nSPS) is 19.6. The van der Waals surface area contributed by atoms with Crippen LogP contribution in [0.5, 0.6) is 5.75 Å². The number of ether oxygens (including phenoxy) is 1. The summed E-state index contributed by atoms with van der Waals surface area (Å²) in [5.74, 6) is -1.04. The maximum absolute atomic E-state index is 13.7. The number of hydrogen-bond acceptors (Lipinski definition) is 4. The molecule has 3 aromatic rings. The quantitative estimate of drug-likeness (QED) is 0.399. The Morgan fingerprint density at radius 2 is 1.88 bits per heavy atom. The van der Waals surface area contributed by atoms with Crippen LogP contribution in [0.4, 0.5) is 17.6 Å². The third-order valence-corrected chi connectivity index (χ3v) is 8.14. The van der Waals surface area contributed by atoms with Crippen molar-refractivity contribution >= 4 is 27.2 Å². The number of carbonyl (C=O) groups excluding carboxylic acids is 1. The van der Waals surface area contributed by atoms with Crippen molar-refractivity contribution in [1.82, 2.24) is 9.47 Å². The number of alkyl halides is 3. The minimum atomic E-state index is -4.95. The summed E-state index contributed by atoms with van der Waals surface area (Å²) in [7, 11) is -2.28. The van der Waals surface area contributed by atoms with E-state index < -0.39 is 39.1 Å². The molecule has 0 bridgehead atoms. The van der Waals surface area contributed by atoms with Gasteiger partial charge in [-0.15, -0.1) is 13.2 Å². The number of amides is 1.